The van der Waals surface area contributed by atoms with Crippen molar-refractivity contribution in [3.05, 3.63) is 42.0 Å². The smallest absolute Gasteiger partial charge is 0.326 e. The average Bonchev–Trinajstić information content (AvgIpc) is 3.05. The Hall–Kier alpha value is -2.42. The van der Waals surface area contributed by atoms with Crippen LogP contribution in [0.1, 0.15) is 37.1 Å². The zero-order valence-corrected chi connectivity index (χ0v) is 15.7. The molecule has 3 rings (SSSR count). The second-order valence-corrected chi connectivity index (χ2v) is 7.26. The van der Waals surface area contributed by atoms with Crippen LogP contribution in [0.4, 0.5) is 18.9 Å². The summed E-state index contributed by atoms with van der Waals surface area (Å²) < 4.78 is 39.6. The number of carbonyl (C=O) groups excluding carboxylic acids is 1. The van der Waals surface area contributed by atoms with Crippen molar-refractivity contribution in [2.45, 2.75) is 38.4 Å². The number of halogens is 3. The molecule has 0 spiro atoms. The highest BCUT2D eigenvalue weighted by Gasteiger charge is 2.30. The number of hydrogen-bond acceptors (Lipinski definition) is 4. The standard InChI is InChI=1S/C19H24F3N5O/c1-26-13-23-25-17(26)12-27-10-2-3-14(11-27)4-9-18(28)24-16-7-5-15(6-8-16)19(20,21)22/h5-8,13-14H,2-4,9-12H2,1H3,(H,24,28)/t14-/m0/s1. The lowest BCUT2D eigenvalue weighted by molar-refractivity contribution is -0.137. The molecule has 1 fully saturated rings. The van der Waals surface area contributed by atoms with Crippen LogP contribution in [0.15, 0.2) is 30.6 Å². The van der Waals surface area contributed by atoms with Crippen LogP contribution in [0.25, 0.3) is 0 Å². The first-order valence-electron chi connectivity index (χ1n) is 9.33. The molecule has 28 heavy (non-hydrogen) atoms. The third kappa shape index (κ3) is 5.54. The molecule has 1 aliphatic rings. The van der Waals surface area contributed by atoms with Gasteiger partial charge >= 0.3 is 6.18 Å². The van der Waals surface area contributed by atoms with Gasteiger partial charge in [0.2, 0.25) is 5.91 Å². The van der Waals surface area contributed by atoms with E-state index in [2.05, 4.69) is 20.4 Å². The van der Waals surface area contributed by atoms with E-state index in [0.29, 0.717) is 18.0 Å². The van der Waals surface area contributed by atoms with Gasteiger partial charge in [-0.15, -0.1) is 10.2 Å². The lowest BCUT2D eigenvalue weighted by atomic mass is 9.93. The average molecular weight is 395 g/mol. The van der Waals surface area contributed by atoms with E-state index < -0.39 is 11.7 Å². The lowest BCUT2D eigenvalue weighted by Crippen LogP contribution is -2.36. The Morgan fingerprint density at radius 1 is 1.29 bits per heavy atom. The van der Waals surface area contributed by atoms with E-state index in [1.54, 1.807) is 6.33 Å². The molecule has 1 aromatic carbocycles. The molecule has 1 atom stereocenters. The number of rotatable bonds is 6. The molecule has 2 heterocycles. The van der Waals surface area contributed by atoms with E-state index >= 15 is 0 Å². The molecule has 2 aromatic rings. The van der Waals surface area contributed by atoms with Gasteiger partial charge in [-0.2, -0.15) is 13.2 Å². The number of aromatic nitrogens is 3. The van der Waals surface area contributed by atoms with E-state index in [0.717, 1.165) is 56.9 Å². The highest BCUT2D eigenvalue weighted by molar-refractivity contribution is 5.90. The predicted octanol–water partition coefficient (Wildman–Crippen LogP) is 3.46. The number of hydrogen-bond donors (Lipinski definition) is 1. The molecule has 6 nitrogen and oxygen atoms in total. The van der Waals surface area contributed by atoms with Crippen LogP contribution < -0.4 is 5.32 Å². The van der Waals surface area contributed by atoms with Crippen molar-refractivity contribution in [3.8, 4) is 0 Å². The third-order valence-corrected chi connectivity index (χ3v) is 5.05. The zero-order chi connectivity index (χ0) is 20.1. The van der Waals surface area contributed by atoms with Crippen LogP contribution in [-0.2, 0) is 24.6 Å². The number of piperidine rings is 1. The normalized spacial score (nSPS) is 18.2. The van der Waals surface area contributed by atoms with Gasteiger partial charge in [-0.1, -0.05) is 0 Å². The summed E-state index contributed by atoms with van der Waals surface area (Å²) in [4.78, 5) is 14.5. The molecule has 0 aliphatic carbocycles. The molecular weight excluding hydrogens is 371 g/mol. The molecular formula is C19H24F3N5O. The van der Waals surface area contributed by atoms with Crippen LogP contribution in [0.3, 0.4) is 0 Å². The van der Waals surface area contributed by atoms with Crippen molar-refractivity contribution >= 4 is 11.6 Å². The minimum Gasteiger partial charge on any atom is -0.326 e. The lowest BCUT2D eigenvalue weighted by Gasteiger charge is -2.32. The molecule has 0 bridgehead atoms. The summed E-state index contributed by atoms with van der Waals surface area (Å²) in [6, 6.07) is 4.51. The van der Waals surface area contributed by atoms with Crippen molar-refractivity contribution in [3.63, 3.8) is 0 Å². The second kappa shape index (κ2) is 8.72. The molecule has 0 radical (unpaired) electrons. The van der Waals surface area contributed by atoms with Crippen LogP contribution in [0.5, 0.6) is 0 Å². The van der Waals surface area contributed by atoms with Crippen molar-refractivity contribution < 1.29 is 18.0 Å². The summed E-state index contributed by atoms with van der Waals surface area (Å²) in [5.74, 6) is 1.16. The van der Waals surface area contributed by atoms with Gasteiger partial charge in [-0.25, -0.2) is 0 Å². The fourth-order valence-corrected chi connectivity index (χ4v) is 3.48. The summed E-state index contributed by atoms with van der Waals surface area (Å²) in [6.07, 6.45) is 0.555. The van der Waals surface area contributed by atoms with E-state index in [-0.39, 0.29) is 5.91 Å². The number of nitrogens with one attached hydrogen (secondary N) is 1. The van der Waals surface area contributed by atoms with Gasteiger partial charge in [0.1, 0.15) is 12.2 Å². The number of amides is 1. The number of nitrogens with zero attached hydrogens (tertiary/aromatic N) is 4. The number of alkyl halides is 3. The Balaban J connectivity index is 1.44. The molecule has 152 valence electrons. The molecule has 1 N–H and O–H groups in total. The summed E-state index contributed by atoms with van der Waals surface area (Å²) in [5, 5.41) is 10.7. The molecule has 1 saturated heterocycles. The van der Waals surface area contributed by atoms with Gasteiger partial charge < -0.3 is 9.88 Å². The second-order valence-electron chi connectivity index (χ2n) is 7.26. The molecule has 1 aliphatic heterocycles. The Kier molecular flexibility index (Phi) is 6.33. The van der Waals surface area contributed by atoms with Crippen LogP contribution in [0.2, 0.25) is 0 Å². The number of anilines is 1. The number of aryl methyl sites for hydroxylation is 1. The predicted molar refractivity (Wildman–Crippen MR) is 98.3 cm³/mol. The van der Waals surface area contributed by atoms with E-state index in [4.69, 9.17) is 0 Å². The molecule has 1 amide bonds. The Morgan fingerprint density at radius 2 is 2.04 bits per heavy atom. The van der Waals surface area contributed by atoms with E-state index in [9.17, 15) is 18.0 Å². The van der Waals surface area contributed by atoms with Crippen LogP contribution in [0, 0.1) is 5.92 Å². The van der Waals surface area contributed by atoms with E-state index in [1.807, 2.05) is 11.6 Å². The first kappa shape index (κ1) is 20.3. The molecule has 9 heteroatoms. The maximum atomic E-state index is 12.6. The highest BCUT2D eigenvalue weighted by atomic mass is 19.4. The summed E-state index contributed by atoms with van der Waals surface area (Å²) in [7, 11) is 1.92. The number of carbonyl (C=O) groups is 1. The van der Waals surface area contributed by atoms with Gasteiger partial charge in [0.15, 0.2) is 0 Å². The number of likely N-dealkylation sites (tertiary alicyclic amines) is 1. The van der Waals surface area contributed by atoms with Crippen molar-refractivity contribution in [2.24, 2.45) is 13.0 Å². The van der Waals surface area contributed by atoms with Gasteiger partial charge in [0.25, 0.3) is 0 Å². The van der Waals surface area contributed by atoms with Gasteiger partial charge in [-0.05, 0) is 56.0 Å². The monoisotopic (exact) mass is 395 g/mol. The summed E-state index contributed by atoms with van der Waals surface area (Å²) in [5.41, 5.74) is -0.346. The zero-order valence-electron chi connectivity index (χ0n) is 15.7. The summed E-state index contributed by atoms with van der Waals surface area (Å²) >= 11 is 0. The van der Waals surface area contributed by atoms with Gasteiger partial charge in [0.05, 0.1) is 12.1 Å². The van der Waals surface area contributed by atoms with Gasteiger partial charge in [0, 0.05) is 25.7 Å². The maximum absolute atomic E-state index is 12.6. The largest absolute Gasteiger partial charge is 0.416 e. The van der Waals surface area contributed by atoms with Crippen LogP contribution in [-0.4, -0.2) is 38.7 Å². The van der Waals surface area contributed by atoms with Crippen molar-refractivity contribution in [2.75, 3.05) is 18.4 Å². The first-order valence-corrected chi connectivity index (χ1v) is 9.33. The number of benzene rings is 1. The minimum absolute atomic E-state index is 0.176. The first-order chi connectivity index (χ1) is 13.3. The molecule has 0 saturated carbocycles. The highest BCUT2D eigenvalue weighted by Crippen LogP contribution is 2.30. The molecule has 0 unspecified atom stereocenters. The minimum atomic E-state index is -4.37. The SMILES string of the molecule is Cn1cnnc1CN1CCC[C@@H](CCC(=O)Nc2ccc(C(F)(F)F)cc2)C1. The Labute approximate surface area is 161 Å². The maximum Gasteiger partial charge on any atom is 0.416 e. The third-order valence-electron chi connectivity index (χ3n) is 5.05. The fraction of sp³-hybridized carbons (Fsp3) is 0.526. The van der Waals surface area contributed by atoms with E-state index in [1.165, 1.54) is 12.1 Å². The van der Waals surface area contributed by atoms with Crippen molar-refractivity contribution in [1.29, 1.82) is 0 Å². The fourth-order valence-electron chi connectivity index (χ4n) is 3.48. The molecule has 1 aromatic heterocycles. The van der Waals surface area contributed by atoms with Crippen LogP contribution >= 0.6 is 0 Å². The topological polar surface area (TPSA) is 63.1 Å². The Morgan fingerprint density at radius 3 is 2.68 bits per heavy atom. The summed E-state index contributed by atoms with van der Waals surface area (Å²) in [6.45, 7) is 2.65. The quantitative estimate of drug-likeness (QED) is 0.814. The van der Waals surface area contributed by atoms with Crippen molar-refractivity contribution in [1.82, 2.24) is 19.7 Å². The Bertz CT molecular complexity index is 788. The van der Waals surface area contributed by atoms with Gasteiger partial charge in [-0.3, -0.25) is 9.69 Å².